The summed E-state index contributed by atoms with van der Waals surface area (Å²) in [6, 6.07) is 5.45. The number of aliphatic hydroxyl groups is 1. The van der Waals surface area contributed by atoms with Crippen LogP contribution >= 0.6 is 0 Å². The van der Waals surface area contributed by atoms with E-state index in [9.17, 15) is 5.11 Å². The van der Waals surface area contributed by atoms with Crippen LogP contribution in [-0.2, 0) is 13.6 Å². The van der Waals surface area contributed by atoms with E-state index in [1.165, 1.54) is 0 Å². The van der Waals surface area contributed by atoms with Crippen molar-refractivity contribution >= 4 is 28.6 Å². The van der Waals surface area contributed by atoms with Gasteiger partial charge in [-0.2, -0.15) is 9.97 Å². The lowest BCUT2D eigenvalue weighted by Crippen LogP contribution is -2.41. The molecule has 0 aliphatic rings. The number of anilines is 3. The summed E-state index contributed by atoms with van der Waals surface area (Å²) in [4.78, 5) is 13.6. The van der Waals surface area contributed by atoms with Crippen molar-refractivity contribution in [2.75, 3.05) is 23.5 Å². The number of para-hydroxylation sites is 1. The number of methoxy groups -OCH3 is 1. The zero-order chi connectivity index (χ0) is 21.2. The Morgan fingerprint density at radius 1 is 1.31 bits per heavy atom. The van der Waals surface area contributed by atoms with Gasteiger partial charge in [0, 0.05) is 13.6 Å². The van der Waals surface area contributed by atoms with E-state index in [0.29, 0.717) is 40.9 Å². The van der Waals surface area contributed by atoms with Crippen LogP contribution in [0.25, 0.3) is 11.2 Å². The van der Waals surface area contributed by atoms with E-state index in [2.05, 4.69) is 25.6 Å². The first-order valence-corrected chi connectivity index (χ1v) is 9.57. The first-order chi connectivity index (χ1) is 13.7. The number of nitrogens with zero attached hydrogens (tertiary/aromatic N) is 4. The van der Waals surface area contributed by atoms with Gasteiger partial charge in [-0.15, -0.1) is 0 Å². The van der Waals surface area contributed by atoms with Crippen LogP contribution < -0.4 is 21.1 Å². The number of hydrogen-bond acceptors (Lipinski definition) is 8. The molecule has 0 aliphatic carbocycles. The number of ether oxygens (including phenoxy) is 1. The normalized spacial score (nSPS) is 12.8. The van der Waals surface area contributed by atoms with Crippen LogP contribution in [0.3, 0.4) is 0 Å². The summed E-state index contributed by atoms with van der Waals surface area (Å²) in [7, 11) is 3.47. The molecule has 5 N–H and O–H groups in total. The molecule has 0 saturated carbocycles. The SMILES string of the molecule is CCC(Nc1nc(NCc2cccc(OC)c2N)c2ncn(C)c2n1)C(C)(C)O. The lowest BCUT2D eigenvalue weighted by Gasteiger charge is -2.29. The van der Waals surface area contributed by atoms with E-state index >= 15 is 0 Å². The minimum absolute atomic E-state index is 0.199. The van der Waals surface area contributed by atoms with Gasteiger partial charge in [0.25, 0.3) is 0 Å². The molecule has 29 heavy (non-hydrogen) atoms. The summed E-state index contributed by atoms with van der Waals surface area (Å²) in [6.45, 7) is 5.99. The van der Waals surface area contributed by atoms with E-state index in [-0.39, 0.29) is 6.04 Å². The Labute approximate surface area is 170 Å². The molecule has 9 nitrogen and oxygen atoms in total. The summed E-state index contributed by atoms with van der Waals surface area (Å²) in [5.41, 5.74) is 8.09. The Hall–Kier alpha value is -3.07. The topological polar surface area (TPSA) is 123 Å². The first kappa shape index (κ1) is 20.7. The van der Waals surface area contributed by atoms with Gasteiger partial charge < -0.3 is 30.8 Å². The van der Waals surface area contributed by atoms with Gasteiger partial charge in [0.05, 0.1) is 30.8 Å². The summed E-state index contributed by atoms with van der Waals surface area (Å²) in [6.07, 6.45) is 2.42. The predicted molar refractivity (Wildman–Crippen MR) is 115 cm³/mol. The Balaban J connectivity index is 1.93. The van der Waals surface area contributed by atoms with E-state index in [1.807, 2.05) is 36.7 Å². The van der Waals surface area contributed by atoms with Gasteiger partial charge in [-0.05, 0) is 31.9 Å². The lowest BCUT2D eigenvalue weighted by atomic mass is 9.97. The molecule has 1 atom stereocenters. The van der Waals surface area contributed by atoms with E-state index < -0.39 is 5.60 Å². The molecule has 0 radical (unpaired) electrons. The number of fused-ring (bicyclic) bond motifs is 1. The predicted octanol–water partition coefficient (Wildman–Crippen LogP) is 2.53. The number of imidazole rings is 1. The van der Waals surface area contributed by atoms with Crippen LogP contribution in [0, 0.1) is 0 Å². The maximum absolute atomic E-state index is 10.4. The molecule has 2 heterocycles. The average Bonchev–Trinajstić information content (AvgIpc) is 3.05. The van der Waals surface area contributed by atoms with Crippen molar-refractivity contribution in [3.8, 4) is 5.75 Å². The molecule has 2 aromatic heterocycles. The molecule has 0 bridgehead atoms. The second kappa shape index (κ2) is 8.12. The molecule has 1 unspecified atom stereocenters. The summed E-state index contributed by atoms with van der Waals surface area (Å²) >= 11 is 0. The molecule has 3 rings (SSSR count). The van der Waals surface area contributed by atoms with Gasteiger partial charge in [-0.25, -0.2) is 4.98 Å². The second-order valence-corrected chi connectivity index (χ2v) is 7.57. The Morgan fingerprint density at radius 3 is 2.72 bits per heavy atom. The molecule has 156 valence electrons. The third kappa shape index (κ3) is 4.34. The number of nitrogens with one attached hydrogen (secondary N) is 2. The van der Waals surface area contributed by atoms with Crippen molar-refractivity contribution in [3.05, 3.63) is 30.1 Å². The van der Waals surface area contributed by atoms with Crippen LogP contribution in [-0.4, -0.2) is 43.4 Å². The standard InChI is InChI=1S/C20H29N7O2/c1-6-14(20(2,3)28)24-19-25-17(16-18(26-19)27(4)11-23-16)22-10-12-8-7-9-13(29-5)15(12)21/h7-9,11,14,28H,6,10,21H2,1-5H3,(H2,22,24,25,26). The molecule has 3 aromatic rings. The Kier molecular flexibility index (Phi) is 5.78. The minimum atomic E-state index is -0.915. The van der Waals surface area contributed by atoms with Crippen molar-refractivity contribution in [1.82, 2.24) is 19.5 Å². The molecule has 0 fully saturated rings. The molecule has 1 aromatic carbocycles. The maximum Gasteiger partial charge on any atom is 0.227 e. The molecule has 0 amide bonds. The van der Waals surface area contributed by atoms with Crippen molar-refractivity contribution in [2.45, 2.75) is 45.4 Å². The van der Waals surface area contributed by atoms with Gasteiger partial charge >= 0.3 is 0 Å². The second-order valence-electron chi connectivity index (χ2n) is 7.57. The number of nitrogen functional groups attached to an aromatic ring is 1. The van der Waals surface area contributed by atoms with Crippen LogP contribution in [0.15, 0.2) is 24.5 Å². The fourth-order valence-corrected chi connectivity index (χ4v) is 3.23. The van der Waals surface area contributed by atoms with Crippen molar-refractivity contribution in [3.63, 3.8) is 0 Å². The van der Waals surface area contributed by atoms with Crippen LogP contribution in [0.5, 0.6) is 5.75 Å². The average molecular weight is 399 g/mol. The summed E-state index contributed by atoms with van der Waals surface area (Å²) in [5, 5.41) is 17.0. The molecule has 0 saturated heterocycles. The summed E-state index contributed by atoms with van der Waals surface area (Å²) in [5.74, 6) is 1.65. The third-order valence-corrected chi connectivity index (χ3v) is 4.95. The zero-order valence-electron chi connectivity index (χ0n) is 17.5. The third-order valence-electron chi connectivity index (χ3n) is 4.95. The fraction of sp³-hybridized carbons (Fsp3) is 0.450. The molecule has 0 spiro atoms. The molecular formula is C20H29N7O2. The molecule has 9 heteroatoms. The summed E-state index contributed by atoms with van der Waals surface area (Å²) < 4.78 is 7.12. The fourth-order valence-electron chi connectivity index (χ4n) is 3.23. The highest BCUT2D eigenvalue weighted by Gasteiger charge is 2.26. The zero-order valence-corrected chi connectivity index (χ0v) is 17.5. The van der Waals surface area contributed by atoms with Crippen molar-refractivity contribution < 1.29 is 9.84 Å². The number of aryl methyl sites for hydroxylation is 1. The smallest absolute Gasteiger partial charge is 0.227 e. The lowest BCUT2D eigenvalue weighted by molar-refractivity contribution is 0.0577. The van der Waals surface area contributed by atoms with Gasteiger partial charge in [-0.1, -0.05) is 19.1 Å². The first-order valence-electron chi connectivity index (χ1n) is 9.57. The van der Waals surface area contributed by atoms with E-state index in [1.54, 1.807) is 27.3 Å². The number of rotatable bonds is 8. The highest BCUT2D eigenvalue weighted by molar-refractivity contribution is 5.84. The largest absolute Gasteiger partial charge is 0.495 e. The molecule has 0 aliphatic heterocycles. The van der Waals surface area contributed by atoms with Crippen molar-refractivity contribution in [1.29, 1.82) is 0 Å². The Morgan fingerprint density at radius 2 is 2.07 bits per heavy atom. The minimum Gasteiger partial charge on any atom is -0.495 e. The van der Waals surface area contributed by atoms with Gasteiger partial charge in [0.1, 0.15) is 5.75 Å². The number of nitrogens with two attached hydrogens (primary N) is 1. The van der Waals surface area contributed by atoms with E-state index in [0.717, 1.165) is 12.0 Å². The number of hydrogen-bond donors (Lipinski definition) is 4. The monoisotopic (exact) mass is 399 g/mol. The van der Waals surface area contributed by atoms with Crippen LogP contribution in [0.2, 0.25) is 0 Å². The highest BCUT2D eigenvalue weighted by atomic mass is 16.5. The van der Waals surface area contributed by atoms with E-state index in [4.69, 9.17) is 10.5 Å². The van der Waals surface area contributed by atoms with Crippen LogP contribution in [0.4, 0.5) is 17.5 Å². The van der Waals surface area contributed by atoms with Crippen LogP contribution in [0.1, 0.15) is 32.8 Å². The van der Waals surface area contributed by atoms with Gasteiger partial charge in [-0.3, -0.25) is 0 Å². The molecular weight excluding hydrogens is 370 g/mol. The Bertz CT molecular complexity index is 994. The van der Waals surface area contributed by atoms with Gasteiger partial charge in [0.2, 0.25) is 5.95 Å². The maximum atomic E-state index is 10.4. The van der Waals surface area contributed by atoms with Gasteiger partial charge in [0.15, 0.2) is 17.0 Å². The van der Waals surface area contributed by atoms with Crippen molar-refractivity contribution in [2.24, 2.45) is 7.05 Å². The number of benzene rings is 1. The quantitative estimate of drug-likeness (QED) is 0.426. The number of aromatic nitrogens is 4. The highest BCUT2D eigenvalue weighted by Crippen LogP contribution is 2.27.